The van der Waals surface area contributed by atoms with Crippen LogP contribution in [0.25, 0.3) is 0 Å². The summed E-state index contributed by atoms with van der Waals surface area (Å²) in [5.74, 6) is -0.133. The third kappa shape index (κ3) is 4.92. The second-order valence-electron chi connectivity index (χ2n) is 3.86. The summed E-state index contributed by atoms with van der Waals surface area (Å²) in [6.07, 6.45) is 2.16. The van der Waals surface area contributed by atoms with Crippen LogP contribution in [0.15, 0.2) is 23.1 Å². The molecule has 0 heterocycles. The molecule has 1 rings (SSSR count). The molecule has 0 radical (unpaired) electrons. The zero-order valence-corrected chi connectivity index (χ0v) is 12.7. The average Bonchev–Trinajstić information content (AvgIpc) is 2.32. The quantitative estimate of drug-likeness (QED) is 0.802. The Labute approximate surface area is 121 Å². The highest BCUT2D eigenvalue weighted by molar-refractivity contribution is 7.98. The van der Waals surface area contributed by atoms with Crippen molar-refractivity contribution in [3.05, 3.63) is 29.0 Å². The minimum absolute atomic E-state index is 0.0945. The smallest absolute Gasteiger partial charge is 0.240 e. The maximum Gasteiger partial charge on any atom is 0.240 e. The molecule has 0 spiro atoms. The Hall–Kier alpha value is -0.340. The molecule has 0 aliphatic heterocycles. The van der Waals surface area contributed by atoms with E-state index >= 15 is 0 Å². The summed E-state index contributed by atoms with van der Waals surface area (Å²) in [5.41, 5.74) is 0. The van der Waals surface area contributed by atoms with Crippen molar-refractivity contribution in [1.29, 1.82) is 0 Å². The molecule has 1 unspecified atom stereocenters. The Balaban J connectivity index is 2.92. The number of hydrogen-bond donors (Lipinski definition) is 2. The van der Waals surface area contributed by atoms with Gasteiger partial charge < -0.3 is 5.11 Å². The molecule has 8 heteroatoms. The van der Waals surface area contributed by atoms with Gasteiger partial charge in [0, 0.05) is 18.4 Å². The van der Waals surface area contributed by atoms with E-state index in [-0.39, 0.29) is 22.6 Å². The molecule has 0 bridgehead atoms. The van der Waals surface area contributed by atoms with Gasteiger partial charge >= 0.3 is 0 Å². The number of halogens is 2. The standard InChI is InChI=1S/C11H15ClFNO3S2/c1-18-7-8(4-5-15)14-19(16,17)9-2-3-11(13)10(12)6-9/h2-3,6,8,14-15H,4-5,7H2,1H3. The molecule has 0 aromatic heterocycles. The summed E-state index contributed by atoms with van der Waals surface area (Å²) >= 11 is 7.03. The zero-order valence-electron chi connectivity index (χ0n) is 10.3. The molecule has 108 valence electrons. The SMILES string of the molecule is CSCC(CCO)NS(=O)(=O)c1ccc(F)c(Cl)c1. The van der Waals surface area contributed by atoms with Gasteiger partial charge in [0.05, 0.1) is 9.92 Å². The first kappa shape index (κ1) is 16.7. The number of hydrogen-bond acceptors (Lipinski definition) is 4. The highest BCUT2D eigenvalue weighted by Crippen LogP contribution is 2.20. The van der Waals surface area contributed by atoms with E-state index in [0.717, 1.165) is 18.2 Å². The van der Waals surface area contributed by atoms with Gasteiger partial charge in [-0.3, -0.25) is 0 Å². The minimum Gasteiger partial charge on any atom is -0.396 e. The van der Waals surface area contributed by atoms with Gasteiger partial charge in [-0.25, -0.2) is 17.5 Å². The molecule has 2 N–H and O–H groups in total. The second kappa shape index (κ2) is 7.44. The number of rotatable bonds is 7. The molecule has 0 saturated heterocycles. The summed E-state index contributed by atoms with van der Waals surface area (Å²) < 4.78 is 39.6. The van der Waals surface area contributed by atoms with Crippen LogP contribution in [0.3, 0.4) is 0 Å². The van der Waals surface area contributed by atoms with Crippen LogP contribution in [0, 0.1) is 5.82 Å². The number of thioether (sulfide) groups is 1. The van der Waals surface area contributed by atoms with Gasteiger partial charge in [-0.15, -0.1) is 0 Å². The lowest BCUT2D eigenvalue weighted by atomic mass is 10.3. The Morgan fingerprint density at radius 2 is 2.21 bits per heavy atom. The first-order chi connectivity index (χ1) is 8.90. The van der Waals surface area contributed by atoms with Crippen LogP contribution >= 0.6 is 23.4 Å². The Morgan fingerprint density at radius 3 is 2.74 bits per heavy atom. The average molecular weight is 328 g/mol. The maximum absolute atomic E-state index is 13.0. The normalized spacial score (nSPS) is 13.5. The van der Waals surface area contributed by atoms with E-state index in [2.05, 4.69) is 4.72 Å². The molecule has 1 atom stereocenters. The maximum atomic E-state index is 13.0. The lowest BCUT2D eigenvalue weighted by Crippen LogP contribution is -2.37. The van der Waals surface area contributed by atoms with Crippen LogP contribution < -0.4 is 4.72 Å². The third-order valence-corrected chi connectivity index (χ3v) is 4.91. The fraction of sp³-hybridized carbons (Fsp3) is 0.455. The van der Waals surface area contributed by atoms with E-state index in [1.54, 1.807) is 0 Å². The third-order valence-electron chi connectivity index (χ3n) is 2.37. The molecule has 0 fully saturated rings. The zero-order chi connectivity index (χ0) is 14.5. The Kier molecular flexibility index (Phi) is 6.55. The monoisotopic (exact) mass is 327 g/mol. The van der Waals surface area contributed by atoms with Gasteiger partial charge in [0.1, 0.15) is 5.82 Å². The van der Waals surface area contributed by atoms with E-state index in [1.165, 1.54) is 11.8 Å². The Bertz CT molecular complexity index is 519. The van der Waals surface area contributed by atoms with Gasteiger partial charge in [-0.05, 0) is 30.9 Å². The van der Waals surface area contributed by atoms with Crippen molar-refractivity contribution >= 4 is 33.4 Å². The van der Waals surface area contributed by atoms with E-state index in [4.69, 9.17) is 16.7 Å². The summed E-state index contributed by atoms with van der Waals surface area (Å²) in [7, 11) is -3.77. The molecule has 0 aliphatic carbocycles. The second-order valence-corrected chi connectivity index (χ2v) is 6.89. The summed E-state index contributed by atoms with van der Waals surface area (Å²) in [6, 6.07) is 2.84. The predicted octanol–water partition coefficient (Wildman–Crippen LogP) is 1.87. The Morgan fingerprint density at radius 1 is 1.53 bits per heavy atom. The van der Waals surface area contributed by atoms with Gasteiger partial charge in [0.2, 0.25) is 10.0 Å². The molecule has 19 heavy (non-hydrogen) atoms. The molecule has 0 amide bonds. The summed E-state index contributed by atoms with van der Waals surface area (Å²) in [6.45, 7) is -0.113. The fourth-order valence-corrected chi connectivity index (χ4v) is 3.76. The van der Waals surface area contributed by atoms with Crippen molar-refractivity contribution < 1.29 is 17.9 Å². The molecule has 0 saturated carbocycles. The lowest BCUT2D eigenvalue weighted by molar-refractivity contribution is 0.276. The number of sulfonamides is 1. The first-order valence-corrected chi connectivity index (χ1v) is 8.73. The van der Waals surface area contributed by atoms with Crippen LogP contribution in [-0.2, 0) is 10.0 Å². The minimum atomic E-state index is -3.77. The number of nitrogens with one attached hydrogen (secondary N) is 1. The molecule has 1 aromatic carbocycles. The molecule has 4 nitrogen and oxygen atoms in total. The van der Waals surface area contributed by atoms with Crippen molar-refractivity contribution in [2.24, 2.45) is 0 Å². The largest absolute Gasteiger partial charge is 0.396 e. The van der Waals surface area contributed by atoms with Crippen LogP contribution in [-0.4, -0.2) is 38.2 Å². The van der Waals surface area contributed by atoms with Crippen molar-refractivity contribution in [3.8, 4) is 0 Å². The number of aliphatic hydroxyl groups is 1. The molecular formula is C11H15ClFNO3S2. The lowest BCUT2D eigenvalue weighted by Gasteiger charge is -2.16. The molecule has 1 aromatic rings. The number of aliphatic hydroxyl groups excluding tert-OH is 1. The van der Waals surface area contributed by atoms with Crippen molar-refractivity contribution in [2.45, 2.75) is 17.4 Å². The van der Waals surface area contributed by atoms with Crippen LogP contribution in [0.5, 0.6) is 0 Å². The van der Waals surface area contributed by atoms with Gasteiger partial charge in [-0.1, -0.05) is 11.6 Å². The van der Waals surface area contributed by atoms with Gasteiger partial charge in [-0.2, -0.15) is 11.8 Å². The van der Waals surface area contributed by atoms with Crippen LogP contribution in [0.1, 0.15) is 6.42 Å². The fourth-order valence-electron chi connectivity index (χ4n) is 1.46. The van der Waals surface area contributed by atoms with E-state index in [0.29, 0.717) is 12.2 Å². The highest BCUT2D eigenvalue weighted by atomic mass is 35.5. The highest BCUT2D eigenvalue weighted by Gasteiger charge is 2.20. The predicted molar refractivity (Wildman–Crippen MR) is 75.6 cm³/mol. The topological polar surface area (TPSA) is 66.4 Å². The van der Waals surface area contributed by atoms with Crippen LogP contribution in [0.2, 0.25) is 5.02 Å². The van der Waals surface area contributed by atoms with Crippen molar-refractivity contribution in [3.63, 3.8) is 0 Å². The number of benzene rings is 1. The van der Waals surface area contributed by atoms with Crippen LogP contribution in [0.4, 0.5) is 4.39 Å². The molecule has 0 aliphatic rings. The van der Waals surface area contributed by atoms with E-state index in [1.807, 2.05) is 6.26 Å². The van der Waals surface area contributed by atoms with E-state index < -0.39 is 15.8 Å². The van der Waals surface area contributed by atoms with E-state index in [9.17, 15) is 12.8 Å². The van der Waals surface area contributed by atoms with Gasteiger partial charge in [0.25, 0.3) is 0 Å². The summed E-state index contributed by atoms with van der Waals surface area (Å²) in [5, 5.41) is 8.65. The van der Waals surface area contributed by atoms with Gasteiger partial charge in [0.15, 0.2) is 0 Å². The van der Waals surface area contributed by atoms with Crippen molar-refractivity contribution in [2.75, 3.05) is 18.6 Å². The summed E-state index contributed by atoms with van der Waals surface area (Å²) in [4.78, 5) is -0.0945. The molecular weight excluding hydrogens is 313 g/mol. The first-order valence-electron chi connectivity index (χ1n) is 5.48. The van der Waals surface area contributed by atoms with Crippen molar-refractivity contribution in [1.82, 2.24) is 4.72 Å².